The number of hydrogen-bond acceptors (Lipinski definition) is 4. The zero-order valence-corrected chi connectivity index (χ0v) is 13.3. The van der Waals surface area contributed by atoms with Gasteiger partial charge in [0.1, 0.15) is 0 Å². The lowest BCUT2D eigenvalue weighted by Crippen LogP contribution is -2.03. The summed E-state index contributed by atoms with van der Waals surface area (Å²) in [5.41, 5.74) is 3.45. The van der Waals surface area contributed by atoms with Crippen molar-refractivity contribution in [3.8, 4) is 11.4 Å². The lowest BCUT2D eigenvalue weighted by Gasteiger charge is -2.05. The fourth-order valence-electron chi connectivity index (χ4n) is 2.56. The van der Waals surface area contributed by atoms with Gasteiger partial charge in [0.2, 0.25) is 0 Å². The van der Waals surface area contributed by atoms with Crippen LogP contribution in [-0.4, -0.2) is 27.7 Å². The number of esters is 1. The largest absolute Gasteiger partial charge is 0.465 e. The van der Waals surface area contributed by atoms with Crippen molar-refractivity contribution in [3.63, 3.8) is 0 Å². The average molecular weight is 309 g/mol. The Bertz CT molecular complexity index is 839. The molecule has 0 saturated heterocycles. The summed E-state index contributed by atoms with van der Waals surface area (Å²) in [6, 6.07) is 11.7. The Morgan fingerprint density at radius 2 is 2.04 bits per heavy atom. The summed E-state index contributed by atoms with van der Waals surface area (Å²) in [6.45, 7) is 2.18. The molecule has 3 rings (SSSR count). The van der Waals surface area contributed by atoms with Gasteiger partial charge in [-0.15, -0.1) is 5.10 Å². The molecule has 2 heterocycles. The maximum atomic E-state index is 11.6. The Morgan fingerprint density at radius 1 is 1.22 bits per heavy atom. The van der Waals surface area contributed by atoms with Gasteiger partial charge in [0, 0.05) is 11.8 Å². The number of nitrogens with zero attached hydrogens (tertiary/aromatic N) is 3. The van der Waals surface area contributed by atoms with Gasteiger partial charge in [0.05, 0.1) is 12.7 Å². The molecule has 0 aliphatic heterocycles. The third kappa shape index (κ3) is 3.08. The van der Waals surface area contributed by atoms with Crippen molar-refractivity contribution >= 4 is 11.6 Å². The van der Waals surface area contributed by atoms with Crippen LogP contribution in [0.2, 0.25) is 0 Å². The number of aryl methyl sites for hydroxylation is 1. The lowest BCUT2D eigenvalue weighted by molar-refractivity contribution is 0.0600. The average Bonchev–Trinajstić information content (AvgIpc) is 3.02. The SMILES string of the molecule is CCCCc1ccccc1-c1nc2ccc(C(=O)OC)cn2n1. The van der Waals surface area contributed by atoms with Crippen molar-refractivity contribution in [2.24, 2.45) is 0 Å². The molecule has 2 aromatic heterocycles. The molecule has 0 amide bonds. The molecule has 0 radical (unpaired) electrons. The monoisotopic (exact) mass is 309 g/mol. The number of fused-ring (bicyclic) bond motifs is 1. The summed E-state index contributed by atoms with van der Waals surface area (Å²) >= 11 is 0. The van der Waals surface area contributed by atoms with Crippen LogP contribution in [0.4, 0.5) is 0 Å². The van der Waals surface area contributed by atoms with Crippen LogP contribution < -0.4 is 0 Å². The Hall–Kier alpha value is -2.69. The van der Waals surface area contributed by atoms with Crippen molar-refractivity contribution in [3.05, 3.63) is 53.7 Å². The van der Waals surface area contributed by atoms with Crippen molar-refractivity contribution in [1.29, 1.82) is 0 Å². The highest BCUT2D eigenvalue weighted by atomic mass is 16.5. The predicted octanol–water partition coefficient (Wildman–Crippen LogP) is 3.53. The minimum absolute atomic E-state index is 0.382. The molecule has 0 N–H and O–H groups in total. The Kier molecular flexibility index (Phi) is 4.37. The highest BCUT2D eigenvalue weighted by Gasteiger charge is 2.12. The van der Waals surface area contributed by atoms with Gasteiger partial charge < -0.3 is 4.74 Å². The third-order valence-corrected chi connectivity index (χ3v) is 3.81. The van der Waals surface area contributed by atoms with Gasteiger partial charge >= 0.3 is 5.97 Å². The van der Waals surface area contributed by atoms with Crippen LogP contribution in [0.5, 0.6) is 0 Å². The van der Waals surface area contributed by atoms with Crippen molar-refractivity contribution in [2.75, 3.05) is 7.11 Å². The predicted molar refractivity (Wildman–Crippen MR) is 88.4 cm³/mol. The highest BCUT2D eigenvalue weighted by Crippen LogP contribution is 2.23. The molecule has 0 fully saturated rings. The molecule has 0 aliphatic carbocycles. The minimum atomic E-state index is -0.382. The van der Waals surface area contributed by atoms with E-state index in [1.807, 2.05) is 18.2 Å². The number of ether oxygens (including phenoxy) is 1. The Morgan fingerprint density at radius 3 is 2.83 bits per heavy atom. The molecule has 1 aromatic carbocycles. The van der Waals surface area contributed by atoms with Crippen LogP contribution in [0.3, 0.4) is 0 Å². The molecule has 0 saturated carbocycles. The molecule has 5 heteroatoms. The lowest BCUT2D eigenvalue weighted by atomic mass is 10.0. The summed E-state index contributed by atoms with van der Waals surface area (Å²) in [4.78, 5) is 16.2. The van der Waals surface area contributed by atoms with E-state index < -0.39 is 0 Å². The number of aromatic nitrogens is 3. The number of hydrogen-bond donors (Lipinski definition) is 0. The zero-order chi connectivity index (χ0) is 16.2. The summed E-state index contributed by atoms with van der Waals surface area (Å²) < 4.78 is 6.36. The van der Waals surface area contributed by atoms with Gasteiger partial charge in [-0.3, -0.25) is 0 Å². The Balaban J connectivity index is 2.02. The van der Waals surface area contributed by atoms with Crippen LogP contribution in [-0.2, 0) is 11.2 Å². The second-order valence-corrected chi connectivity index (χ2v) is 5.41. The molecular formula is C18H19N3O2. The molecule has 23 heavy (non-hydrogen) atoms. The Labute approximate surface area is 134 Å². The number of rotatable bonds is 5. The van der Waals surface area contributed by atoms with E-state index in [-0.39, 0.29) is 5.97 Å². The fraction of sp³-hybridized carbons (Fsp3) is 0.278. The van der Waals surface area contributed by atoms with Crippen LogP contribution in [0, 0.1) is 0 Å². The van der Waals surface area contributed by atoms with Gasteiger partial charge in [0.25, 0.3) is 0 Å². The molecule has 0 unspecified atom stereocenters. The summed E-state index contributed by atoms with van der Waals surface area (Å²) in [7, 11) is 1.36. The van der Waals surface area contributed by atoms with E-state index in [1.54, 1.807) is 22.8 Å². The molecule has 0 atom stereocenters. The topological polar surface area (TPSA) is 56.5 Å². The minimum Gasteiger partial charge on any atom is -0.465 e. The number of carbonyl (C=O) groups is 1. The van der Waals surface area contributed by atoms with Gasteiger partial charge in [-0.05, 0) is 30.5 Å². The van der Waals surface area contributed by atoms with E-state index in [4.69, 9.17) is 4.74 Å². The summed E-state index contributed by atoms with van der Waals surface area (Å²) in [6.07, 6.45) is 4.94. The summed E-state index contributed by atoms with van der Waals surface area (Å²) in [5.74, 6) is 0.297. The van der Waals surface area contributed by atoms with E-state index in [0.717, 1.165) is 24.8 Å². The fourth-order valence-corrected chi connectivity index (χ4v) is 2.56. The van der Waals surface area contributed by atoms with Gasteiger partial charge in [-0.2, -0.15) is 0 Å². The first-order valence-corrected chi connectivity index (χ1v) is 7.76. The van der Waals surface area contributed by atoms with Crippen molar-refractivity contribution in [2.45, 2.75) is 26.2 Å². The van der Waals surface area contributed by atoms with Gasteiger partial charge in [-0.25, -0.2) is 14.3 Å². The molecule has 3 aromatic rings. The molecule has 0 bridgehead atoms. The molecular weight excluding hydrogens is 290 g/mol. The number of methoxy groups -OCH3 is 1. The van der Waals surface area contributed by atoms with E-state index in [0.29, 0.717) is 17.0 Å². The second kappa shape index (κ2) is 6.60. The number of benzene rings is 1. The van der Waals surface area contributed by atoms with Crippen molar-refractivity contribution < 1.29 is 9.53 Å². The maximum absolute atomic E-state index is 11.6. The van der Waals surface area contributed by atoms with Gasteiger partial charge in [0.15, 0.2) is 11.5 Å². The first-order chi connectivity index (χ1) is 11.2. The van der Waals surface area contributed by atoms with E-state index >= 15 is 0 Å². The zero-order valence-electron chi connectivity index (χ0n) is 13.3. The van der Waals surface area contributed by atoms with Crippen LogP contribution in [0.25, 0.3) is 17.0 Å². The molecule has 5 nitrogen and oxygen atoms in total. The van der Waals surface area contributed by atoms with Crippen LogP contribution in [0.1, 0.15) is 35.7 Å². The first-order valence-electron chi connectivity index (χ1n) is 7.76. The maximum Gasteiger partial charge on any atom is 0.339 e. The third-order valence-electron chi connectivity index (χ3n) is 3.81. The summed E-state index contributed by atoms with van der Waals surface area (Å²) in [5, 5.41) is 4.53. The van der Waals surface area contributed by atoms with E-state index in [1.165, 1.54) is 12.7 Å². The second-order valence-electron chi connectivity index (χ2n) is 5.41. The standard InChI is InChI=1S/C18H19N3O2/c1-3-4-7-13-8-5-6-9-15(13)17-19-16-11-10-14(18(22)23-2)12-21(16)20-17/h5-6,8-12H,3-4,7H2,1-2H3. The van der Waals surface area contributed by atoms with E-state index in [2.05, 4.69) is 23.1 Å². The normalized spacial score (nSPS) is 10.9. The first kappa shape index (κ1) is 15.2. The van der Waals surface area contributed by atoms with E-state index in [9.17, 15) is 4.79 Å². The number of pyridine rings is 1. The smallest absolute Gasteiger partial charge is 0.339 e. The highest BCUT2D eigenvalue weighted by molar-refractivity contribution is 5.89. The number of carbonyl (C=O) groups excluding carboxylic acids is 1. The number of unbranched alkanes of at least 4 members (excludes halogenated alkanes) is 1. The molecule has 0 spiro atoms. The quantitative estimate of drug-likeness (QED) is 0.677. The van der Waals surface area contributed by atoms with Crippen LogP contribution >= 0.6 is 0 Å². The molecule has 118 valence electrons. The van der Waals surface area contributed by atoms with Crippen molar-refractivity contribution in [1.82, 2.24) is 14.6 Å². The molecule has 0 aliphatic rings. The van der Waals surface area contributed by atoms with Gasteiger partial charge in [-0.1, -0.05) is 37.6 Å². The van der Waals surface area contributed by atoms with Crippen LogP contribution in [0.15, 0.2) is 42.6 Å².